The third-order valence-electron chi connectivity index (χ3n) is 3.63. The average molecular weight is 289 g/mol. The molecule has 0 atom stereocenters. The lowest BCUT2D eigenvalue weighted by Crippen LogP contribution is -2.38. The van der Waals surface area contributed by atoms with E-state index >= 15 is 0 Å². The van der Waals surface area contributed by atoms with Gasteiger partial charge in [-0.05, 0) is 36.9 Å². The lowest BCUT2D eigenvalue weighted by Gasteiger charge is -2.32. The predicted octanol–water partition coefficient (Wildman–Crippen LogP) is 2.32. The molecule has 20 heavy (non-hydrogen) atoms. The van der Waals surface area contributed by atoms with Gasteiger partial charge in [0.2, 0.25) is 0 Å². The Morgan fingerprint density at radius 2 is 2.20 bits per heavy atom. The second-order valence-electron chi connectivity index (χ2n) is 5.27. The summed E-state index contributed by atoms with van der Waals surface area (Å²) in [5.74, 6) is 0.943. The molecule has 2 aromatic rings. The number of hydrogen-bond donors (Lipinski definition) is 1. The van der Waals surface area contributed by atoms with Gasteiger partial charge in [0.15, 0.2) is 0 Å². The molecule has 0 spiro atoms. The second kappa shape index (κ2) is 6.28. The molecule has 1 fully saturated rings. The van der Waals surface area contributed by atoms with Crippen molar-refractivity contribution in [3.63, 3.8) is 0 Å². The summed E-state index contributed by atoms with van der Waals surface area (Å²) in [6, 6.07) is 2.52. The monoisotopic (exact) mass is 289 g/mol. The molecule has 106 valence electrons. The summed E-state index contributed by atoms with van der Waals surface area (Å²) in [5.41, 5.74) is 2.33. The molecule has 1 saturated heterocycles. The lowest BCUT2D eigenvalue weighted by molar-refractivity contribution is 0.211. The van der Waals surface area contributed by atoms with Crippen molar-refractivity contribution in [1.82, 2.24) is 19.2 Å². The van der Waals surface area contributed by atoms with Gasteiger partial charge in [-0.3, -0.25) is 4.90 Å². The summed E-state index contributed by atoms with van der Waals surface area (Å²) < 4.78 is 4.16. The number of nitrogens with one attached hydrogen (secondary N) is 1. The maximum Gasteiger partial charge on any atom is 0.129 e. The molecule has 2 aromatic heterocycles. The molecule has 0 aromatic carbocycles. The summed E-state index contributed by atoms with van der Waals surface area (Å²) in [5, 5.41) is 5.65. The minimum Gasteiger partial charge on any atom is -0.367 e. The Labute approximate surface area is 123 Å². The third-order valence-corrected chi connectivity index (χ3v) is 4.27. The average Bonchev–Trinajstić information content (AvgIpc) is 2.94. The first-order valence-electron chi connectivity index (χ1n) is 6.95. The van der Waals surface area contributed by atoms with Crippen LogP contribution in [0.25, 0.3) is 0 Å². The van der Waals surface area contributed by atoms with Crippen LogP contribution < -0.4 is 5.32 Å². The van der Waals surface area contributed by atoms with E-state index in [1.165, 1.54) is 17.1 Å². The van der Waals surface area contributed by atoms with E-state index in [-0.39, 0.29) is 0 Å². The van der Waals surface area contributed by atoms with E-state index in [0.29, 0.717) is 6.04 Å². The van der Waals surface area contributed by atoms with Crippen molar-refractivity contribution in [2.45, 2.75) is 32.4 Å². The normalized spacial score (nSPS) is 17.2. The molecule has 0 radical (unpaired) electrons. The van der Waals surface area contributed by atoms with Crippen molar-refractivity contribution in [3.05, 3.63) is 35.2 Å². The van der Waals surface area contributed by atoms with Crippen LogP contribution in [0, 0.1) is 6.92 Å². The Morgan fingerprint density at radius 1 is 1.35 bits per heavy atom. The van der Waals surface area contributed by atoms with Gasteiger partial charge in [-0.25, -0.2) is 14.3 Å². The minimum absolute atomic E-state index is 0.515. The molecule has 0 amide bonds. The van der Waals surface area contributed by atoms with Gasteiger partial charge >= 0.3 is 0 Å². The molecule has 5 nitrogen and oxygen atoms in total. The van der Waals surface area contributed by atoms with E-state index in [4.69, 9.17) is 0 Å². The Bertz CT molecular complexity index is 534. The molecule has 0 aliphatic carbocycles. The van der Waals surface area contributed by atoms with Crippen LogP contribution in [0.3, 0.4) is 0 Å². The highest BCUT2D eigenvalue weighted by molar-refractivity contribution is 7.03. The van der Waals surface area contributed by atoms with Crippen molar-refractivity contribution >= 4 is 17.4 Å². The Balaban J connectivity index is 1.48. The topological polar surface area (TPSA) is 53.9 Å². The number of aryl methyl sites for hydroxylation is 1. The van der Waals surface area contributed by atoms with E-state index in [2.05, 4.69) is 29.9 Å². The van der Waals surface area contributed by atoms with Gasteiger partial charge in [0.1, 0.15) is 12.1 Å². The first-order valence-corrected chi connectivity index (χ1v) is 7.79. The van der Waals surface area contributed by atoms with Gasteiger partial charge in [0, 0.05) is 49.0 Å². The number of likely N-dealkylation sites (tertiary alicyclic amines) is 1. The molecule has 3 heterocycles. The zero-order valence-electron chi connectivity index (χ0n) is 11.6. The van der Waals surface area contributed by atoms with E-state index in [1.54, 1.807) is 6.33 Å². The Hall–Kier alpha value is -1.53. The smallest absolute Gasteiger partial charge is 0.129 e. The van der Waals surface area contributed by atoms with Crippen LogP contribution in [-0.4, -0.2) is 38.4 Å². The standard InChI is InChI=1S/C14H19N5S/c1-11-6-14(16-10-15-11)18-13-2-4-19(5-3-13)8-12-7-17-20-9-12/h6-7,9-10,13H,2-5,8H2,1H3,(H,15,16,18). The predicted molar refractivity (Wildman–Crippen MR) is 80.8 cm³/mol. The van der Waals surface area contributed by atoms with Crippen LogP contribution >= 0.6 is 11.5 Å². The van der Waals surface area contributed by atoms with Crippen LogP contribution in [0.15, 0.2) is 24.0 Å². The largest absolute Gasteiger partial charge is 0.367 e. The maximum atomic E-state index is 4.27. The highest BCUT2D eigenvalue weighted by atomic mass is 32.1. The minimum atomic E-state index is 0.515. The quantitative estimate of drug-likeness (QED) is 0.936. The lowest BCUT2D eigenvalue weighted by atomic mass is 10.0. The zero-order valence-corrected chi connectivity index (χ0v) is 12.4. The summed E-state index contributed by atoms with van der Waals surface area (Å²) >= 11 is 1.53. The van der Waals surface area contributed by atoms with Gasteiger partial charge < -0.3 is 5.32 Å². The molecule has 6 heteroatoms. The van der Waals surface area contributed by atoms with Crippen LogP contribution in [0.2, 0.25) is 0 Å². The fraction of sp³-hybridized carbons (Fsp3) is 0.500. The Morgan fingerprint density at radius 3 is 2.90 bits per heavy atom. The van der Waals surface area contributed by atoms with E-state index in [0.717, 1.165) is 44.0 Å². The zero-order chi connectivity index (χ0) is 13.8. The SMILES string of the molecule is Cc1cc(NC2CCN(Cc3cnsc3)CC2)ncn1. The van der Waals surface area contributed by atoms with Crippen molar-refractivity contribution in [2.75, 3.05) is 18.4 Å². The van der Waals surface area contributed by atoms with Crippen molar-refractivity contribution in [2.24, 2.45) is 0 Å². The number of nitrogens with zero attached hydrogens (tertiary/aromatic N) is 4. The van der Waals surface area contributed by atoms with Crippen LogP contribution in [0.4, 0.5) is 5.82 Å². The number of hydrogen-bond acceptors (Lipinski definition) is 6. The van der Waals surface area contributed by atoms with Crippen molar-refractivity contribution in [3.8, 4) is 0 Å². The Kier molecular flexibility index (Phi) is 4.22. The van der Waals surface area contributed by atoms with Crippen LogP contribution in [0.5, 0.6) is 0 Å². The first-order chi connectivity index (χ1) is 9.79. The first kappa shape index (κ1) is 13.5. The maximum absolute atomic E-state index is 4.27. The molecular formula is C14H19N5S. The van der Waals surface area contributed by atoms with Crippen LogP contribution in [-0.2, 0) is 6.54 Å². The van der Waals surface area contributed by atoms with Gasteiger partial charge in [-0.1, -0.05) is 0 Å². The molecule has 0 unspecified atom stereocenters. The fourth-order valence-corrected chi connectivity index (χ4v) is 3.07. The van der Waals surface area contributed by atoms with E-state index in [9.17, 15) is 0 Å². The molecule has 0 saturated carbocycles. The summed E-state index contributed by atoms with van der Waals surface area (Å²) in [7, 11) is 0. The summed E-state index contributed by atoms with van der Waals surface area (Å²) in [6.07, 6.45) is 5.90. The third kappa shape index (κ3) is 3.52. The van der Waals surface area contributed by atoms with Gasteiger partial charge in [-0.2, -0.15) is 0 Å². The highest BCUT2D eigenvalue weighted by Gasteiger charge is 2.19. The molecule has 1 aliphatic rings. The van der Waals surface area contributed by atoms with E-state index in [1.807, 2.05) is 19.2 Å². The number of anilines is 1. The number of aromatic nitrogens is 3. The van der Waals surface area contributed by atoms with E-state index < -0.39 is 0 Å². The second-order valence-corrected chi connectivity index (χ2v) is 5.93. The van der Waals surface area contributed by atoms with Crippen molar-refractivity contribution in [1.29, 1.82) is 0 Å². The summed E-state index contributed by atoms with van der Waals surface area (Å²) in [4.78, 5) is 10.9. The molecule has 0 bridgehead atoms. The van der Waals surface area contributed by atoms with Crippen molar-refractivity contribution < 1.29 is 0 Å². The fourth-order valence-electron chi connectivity index (χ4n) is 2.54. The molecular weight excluding hydrogens is 270 g/mol. The summed E-state index contributed by atoms with van der Waals surface area (Å²) in [6.45, 7) is 5.26. The highest BCUT2D eigenvalue weighted by Crippen LogP contribution is 2.17. The van der Waals surface area contributed by atoms with Gasteiger partial charge in [0.25, 0.3) is 0 Å². The van der Waals surface area contributed by atoms with Gasteiger partial charge in [-0.15, -0.1) is 0 Å². The number of piperidine rings is 1. The molecule has 1 aliphatic heterocycles. The molecule has 1 N–H and O–H groups in total. The van der Waals surface area contributed by atoms with Gasteiger partial charge in [0.05, 0.1) is 0 Å². The molecule has 3 rings (SSSR count). The number of rotatable bonds is 4. The van der Waals surface area contributed by atoms with Crippen LogP contribution in [0.1, 0.15) is 24.1 Å².